The summed E-state index contributed by atoms with van der Waals surface area (Å²) >= 11 is 9.53. The fourth-order valence-electron chi connectivity index (χ4n) is 5.40. The number of likely N-dealkylation sites (N-methyl/N-ethyl adjacent to an activating group) is 2. The van der Waals surface area contributed by atoms with Gasteiger partial charge in [-0.1, -0.05) is 95.1 Å². The van der Waals surface area contributed by atoms with Crippen LogP contribution in [0.15, 0.2) is 72.8 Å². The first-order valence-electron chi connectivity index (χ1n) is 17.0. The molecule has 0 amide bonds. The zero-order valence-corrected chi connectivity index (χ0v) is 40.3. The van der Waals surface area contributed by atoms with E-state index in [0.717, 1.165) is 70.7 Å². The van der Waals surface area contributed by atoms with Gasteiger partial charge in [0.25, 0.3) is 0 Å². The molecule has 0 bridgehead atoms. The Morgan fingerprint density at radius 2 is 0.623 bits per heavy atom. The molecule has 280 valence electrons. The van der Waals surface area contributed by atoms with Crippen LogP contribution in [0, 0.1) is 27.7 Å². The average Bonchev–Trinajstić information content (AvgIpc) is 3.06. The predicted molar refractivity (Wildman–Crippen MR) is 204 cm³/mol. The van der Waals surface area contributed by atoms with Crippen molar-refractivity contribution in [2.24, 2.45) is 0 Å². The van der Waals surface area contributed by atoms with Gasteiger partial charge in [-0.05, 0) is 78.1 Å². The van der Waals surface area contributed by atoms with Gasteiger partial charge in [-0.25, -0.2) is 0 Å². The normalized spacial score (nSPS) is 10.7. The van der Waals surface area contributed by atoms with Crippen LogP contribution in [0.25, 0.3) is 0 Å². The monoisotopic (exact) mass is 864 g/mol. The Morgan fingerprint density at radius 3 is 0.811 bits per heavy atom. The molecule has 0 aliphatic heterocycles. The van der Waals surface area contributed by atoms with E-state index >= 15 is 0 Å². The first kappa shape index (κ1) is 50.7. The van der Waals surface area contributed by atoms with Gasteiger partial charge in [-0.2, -0.15) is 0 Å². The maximum absolute atomic E-state index is 12.1. The molecule has 0 aliphatic rings. The van der Waals surface area contributed by atoms with Crippen LogP contribution in [0.1, 0.15) is 44.5 Å². The molecule has 0 fully saturated rings. The van der Waals surface area contributed by atoms with Crippen LogP contribution in [0.2, 0.25) is 0 Å². The summed E-state index contributed by atoms with van der Waals surface area (Å²) in [5, 5.41) is 48.7. The molecule has 8 nitrogen and oxygen atoms in total. The van der Waals surface area contributed by atoms with Gasteiger partial charge in [0.2, 0.25) is 0 Å². The third-order valence-corrected chi connectivity index (χ3v) is 8.17. The van der Waals surface area contributed by atoms with Gasteiger partial charge in [0.15, 0.2) is 0 Å². The Hall–Kier alpha value is -2.25. The van der Waals surface area contributed by atoms with Gasteiger partial charge in [-0.3, -0.25) is 9.80 Å². The second kappa shape index (κ2) is 26.5. The van der Waals surface area contributed by atoms with Gasteiger partial charge < -0.3 is 30.2 Å². The fourth-order valence-corrected chi connectivity index (χ4v) is 5.40. The van der Waals surface area contributed by atoms with Crippen molar-refractivity contribution >= 4 is 23.2 Å². The van der Waals surface area contributed by atoms with E-state index < -0.39 is 0 Å². The first-order chi connectivity index (χ1) is 24.1. The van der Waals surface area contributed by atoms with Crippen molar-refractivity contribution in [2.75, 3.05) is 59.7 Å². The zero-order chi connectivity index (χ0) is 38.1. The van der Waals surface area contributed by atoms with Crippen molar-refractivity contribution in [1.29, 1.82) is 0 Å². The minimum Gasteiger partial charge on any atom is -0.872 e. The van der Waals surface area contributed by atoms with Crippen molar-refractivity contribution in [1.82, 2.24) is 19.6 Å². The Labute approximate surface area is 353 Å². The summed E-state index contributed by atoms with van der Waals surface area (Å²) in [7, 11) is 8.09. The third-order valence-electron chi connectivity index (χ3n) is 8.17. The van der Waals surface area contributed by atoms with Crippen LogP contribution in [-0.4, -0.2) is 79.3 Å². The molecule has 0 spiro atoms. The Morgan fingerprint density at radius 1 is 0.415 bits per heavy atom. The predicted octanol–water partition coefficient (Wildman–Crippen LogP) is 5.45. The molecule has 0 atom stereocenters. The second-order valence-corrected chi connectivity index (χ2v) is 14.4. The molecule has 0 aromatic heterocycles. The summed E-state index contributed by atoms with van der Waals surface area (Å²) in [5.41, 5.74) is 7.47. The number of hydrogen-bond acceptors (Lipinski definition) is 8. The summed E-state index contributed by atoms with van der Waals surface area (Å²) in [6.07, 6.45) is 0. The van der Waals surface area contributed by atoms with Crippen LogP contribution in [-0.2, 0) is 65.1 Å². The number of halogens is 2. The van der Waals surface area contributed by atoms with Crippen molar-refractivity contribution in [3.63, 3.8) is 0 Å². The van der Waals surface area contributed by atoms with E-state index in [0.29, 0.717) is 26.2 Å². The van der Waals surface area contributed by atoms with Crippen LogP contribution in [0.5, 0.6) is 23.0 Å². The molecule has 53 heavy (non-hydrogen) atoms. The van der Waals surface area contributed by atoms with Gasteiger partial charge in [0.1, 0.15) is 0 Å². The van der Waals surface area contributed by atoms with Crippen molar-refractivity contribution < 1.29 is 59.4 Å². The Kier molecular flexibility index (Phi) is 25.4. The van der Waals surface area contributed by atoms with Gasteiger partial charge in [-0.15, -0.1) is 46.2 Å². The quantitative estimate of drug-likeness (QED) is 0.122. The number of aryl methyl sites for hydroxylation is 4. The van der Waals surface area contributed by atoms with Crippen LogP contribution >= 0.6 is 23.2 Å². The standard InChI is InChI=1S/2C20H28N2O2.CH2Cl2.2Zn/c2*1-15-5-7-19(23)17(11-15)13-22(10-9-21(3)4)14-18-12-16(2)6-8-20(18)24;2-1-3;;/h2*5-8,11-12,23-24H,9-10,13-14H2,1-4H3;1H2;;/q;;;2*+2/p-4. The summed E-state index contributed by atoms with van der Waals surface area (Å²) in [6, 6.07) is 21.6. The van der Waals surface area contributed by atoms with Crippen LogP contribution < -0.4 is 20.4 Å². The van der Waals surface area contributed by atoms with E-state index in [4.69, 9.17) is 23.2 Å². The second-order valence-electron chi connectivity index (χ2n) is 13.6. The van der Waals surface area contributed by atoms with Gasteiger partial charge >= 0.3 is 39.0 Å². The molecule has 4 aromatic rings. The van der Waals surface area contributed by atoms with E-state index in [-0.39, 0.29) is 67.3 Å². The number of rotatable bonds is 14. The van der Waals surface area contributed by atoms with E-state index in [9.17, 15) is 20.4 Å². The summed E-state index contributed by atoms with van der Waals surface area (Å²) in [4.78, 5) is 8.56. The maximum atomic E-state index is 12.1. The first-order valence-corrected chi connectivity index (χ1v) is 18.1. The third kappa shape index (κ3) is 19.8. The van der Waals surface area contributed by atoms with E-state index in [2.05, 4.69) is 19.6 Å². The smallest absolute Gasteiger partial charge is 0.872 e. The minimum atomic E-state index is 0. The molecule has 0 saturated carbocycles. The number of alkyl halides is 2. The van der Waals surface area contributed by atoms with E-state index in [1.165, 1.54) is 0 Å². The molecule has 4 rings (SSSR count). The number of benzene rings is 4. The minimum absolute atomic E-state index is 0. The largest absolute Gasteiger partial charge is 2.00 e. The van der Waals surface area contributed by atoms with Crippen molar-refractivity contribution in [2.45, 2.75) is 53.9 Å². The van der Waals surface area contributed by atoms with Gasteiger partial charge in [0, 0.05) is 52.4 Å². The van der Waals surface area contributed by atoms with Crippen molar-refractivity contribution in [3.8, 4) is 23.0 Å². The summed E-state index contributed by atoms with van der Waals surface area (Å²) in [6.45, 7) is 13.5. The van der Waals surface area contributed by atoms with Gasteiger partial charge in [0.05, 0.1) is 5.34 Å². The average molecular weight is 869 g/mol. The molecule has 0 unspecified atom stereocenters. The van der Waals surface area contributed by atoms with E-state index in [1.54, 1.807) is 24.3 Å². The molecule has 0 heterocycles. The van der Waals surface area contributed by atoms with Crippen LogP contribution in [0.3, 0.4) is 0 Å². The molecular formula is C41H54Cl2N4O4Zn2. The molecule has 0 aliphatic carbocycles. The summed E-state index contributed by atoms with van der Waals surface area (Å²) in [5.74, 6) is 0.230. The van der Waals surface area contributed by atoms with Crippen molar-refractivity contribution in [3.05, 3.63) is 117 Å². The Bertz CT molecular complexity index is 1420. The molecule has 0 radical (unpaired) electrons. The topological polar surface area (TPSA) is 105 Å². The van der Waals surface area contributed by atoms with Crippen LogP contribution in [0.4, 0.5) is 0 Å². The molecule has 12 heteroatoms. The molecule has 4 aromatic carbocycles. The summed E-state index contributed by atoms with van der Waals surface area (Å²) < 4.78 is 0. The fraction of sp³-hybridized carbons (Fsp3) is 0.415. The molecule has 0 saturated heterocycles. The number of hydrogen-bond donors (Lipinski definition) is 0. The maximum Gasteiger partial charge on any atom is 2.00 e. The number of nitrogens with zero attached hydrogens (tertiary/aromatic N) is 4. The SMILES string of the molecule is Cc1ccc([O-])c(CN(CCN(C)C)Cc2cc(C)ccc2[O-])c1.Cc1ccc([O-])c(CN(CCN(C)C)Cc2cc(C)ccc2[O-])c1.ClCCl.[Zn+2].[Zn+2]. The zero-order valence-electron chi connectivity index (χ0n) is 32.9. The molecule has 0 N–H and O–H groups in total. The Balaban J connectivity index is 0.000000917. The molecular weight excluding hydrogens is 814 g/mol. The van der Waals surface area contributed by atoms with E-state index in [1.807, 2.05) is 104 Å².